The molecule has 1 aromatic heterocycles. The van der Waals surface area contributed by atoms with E-state index in [0.29, 0.717) is 5.69 Å². The second-order valence-electron chi connectivity index (χ2n) is 6.52. The van der Waals surface area contributed by atoms with Crippen molar-refractivity contribution < 1.29 is 14.0 Å². The van der Waals surface area contributed by atoms with E-state index in [0.717, 1.165) is 19.0 Å². The maximum atomic E-state index is 12.2. The molecule has 132 valence electrons. The number of benzene rings is 1. The van der Waals surface area contributed by atoms with Gasteiger partial charge in [0.25, 0.3) is 5.91 Å². The van der Waals surface area contributed by atoms with E-state index in [1.807, 2.05) is 24.3 Å². The summed E-state index contributed by atoms with van der Waals surface area (Å²) in [5, 5.41) is 5.30. The molecule has 6 heteroatoms. The Morgan fingerprint density at radius 2 is 1.72 bits per heavy atom. The predicted octanol–water partition coefficient (Wildman–Crippen LogP) is 3.73. The van der Waals surface area contributed by atoms with Crippen molar-refractivity contribution in [2.24, 2.45) is 5.92 Å². The smallest absolute Gasteiger partial charge is 0.291 e. The number of carbonyl (C=O) groups is 2. The van der Waals surface area contributed by atoms with Crippen LogP contribution in [0.3, 0.4) is 0 Å². The van der Waals surface area contributed by atoms with E-state index in [9.17, 15) is 9.59 Å². The normalized spacial score (nSPS) is 15.0. The summed E-state index contributed by atoms with van der Waals surface area (Å²) < 4.78 is 5.31. The minimum Gasteiger partial charge on any atom is -0.435 e. The Labute approximate surface area is 147 Å². The summed E-state index contributed by atoms with van der Waals surface area (Å²) in [6.45, 7) is 5.82. The number of piperidine rings is 1. The van der Waals surface area contributed by atoms with E-state index in [-0.39, 0.29) is 23.5 Å². The Balaban J connectivity index is 1.60. The van der Waals surface area contributed by atoms with Gasteiger partial charge in [-0.1, -0.05) is 6.92 Å². The lowest BCUT2D eigenvalue weighted by molar-refractivity contribution is -0.114. The summed E-state index contributed by atoms with van der Waals surface area (Å²) in [5.41, 5.74) is 1.88. The molecular weight excluding hydrogens is 318 g/mol. The highest BCUT2D eigenvalue weighted by Crippen LogP contribution is 2.24. The van der Waals surface area contributed by atoms with Gasteiger partial charge >= 0.3 is 0 Å². The van der Waals surface area contributed by atoms with Gasteiger partial charge in [0.05, 0.1) is 0 Å². The quantitative estimate of drug-likeness (QED) is 0.889. The third kappa shape index (κ3) is 4.41. The summed E-state index contributed by atoms with van der Waals surface area (Å²) in [7, 11) is 0. The van der Waals surface area contributed by atoms with Crippen LogP contribution in [0.15, 0.2) is 40.8 Å². The van der Waals surface area contributed by atoms with E-state index in [1.165, 1.54) is 31.5 Å². The van der Waals surface area contributed by atoms with Crippen LogP contribution in [-0.2, 0) is 4.79 Å². The molecule has 0 unspecified atom stereocenters. The largest absolute Gasteiger partial charge is 0.435 e. The van der Waals surface area contributed by atoms with Crippen molar-refractivity contribution in [3.05, 3.63) is 42.2 Å². The Morgan fingerprint density at radius 3 is 2.36 bits per heavy atom. The van der Waals surface area contributed by atoms with Gasteiger partial charge in [-0.25, -0.2) is 0 Å². The monoisotopic (exact) mass is 341 g/mol. The molecule has 2 heterocycles. The van der Waals surface area contributed by atoms with Crippen LogP contribution in [-0.4, -0.2) is 24.9 Å². The van der Waals surface area contributed by atoms with Crippen molar-refractivity contribution in [1.82, 2.24) is 0 Å². The van der Waals surface area contributed by atoms with Crippen molar-refractivity contribution in [3.8, 4) is 0 Å². The average molecular weight is 341 g/mol. The maximum absolute atomic E-state index is 12.2. The lowest BCUT2D eigenvalue weighted by atomic mass is 9.99. The number of hydrogen-bond acceptors (Lipinski definition) is 4. The molecule has 0 atom stereocenters. The zero-order valence-electron chi connectivity index (χ0n) is 14.5. The first-order chi connectivity index (χ1) is 12.0. The minimum absolute atomic E-state index is 0.151. The fourth-order valence-corrected chi connectivity index (χ4v) is 2.92. The Morgan fingerprint density at radius 1 is 1.04 bits per heavy atom. The lowest BCUT2D eigenvalue weighted by Crippen LogP contribution is -2.32. The van der Waals surface area contributed by atoms with Crippen LogP contribution in [0.4, 0.5) is 17.3 Å². The number of nitrogens with one attached hydrogen (secondary N) is 2. The Bertz CT molecular complexity index is 744. The number of rotatable bonds is 4. The molecule has 0 bridgehead atoms. The fraction of sp³-hybridized carbons (Fsp3) is 0.368. The molecular formula is C19H23N3O3. The van der Waals surface area contributed by atoms with E-state index >= 15 is 0 Å². The lowest BCUT2D eigenvalue weighted by Gasteiger charge is -2.32. The van der Waals surface area contributed by atoms with Crippen LogP contribution in [0.5, 0.6) is 0 Å². The molecule has 1 aromatic carbocycles. The summed E-state index contributed by atoms with van der Waals surface area (Å²) in [6, 6.07) is 10.9. The number of furan rings is 1. The highest BCUT2D eigenvalue weighted by Gasteiger charge is 2.16. The molecule has 0 spiro atoms. The number of hydrogen-bond donors (Lipinski definition) is 2. The van der Waals surface area contributed by atoms with Crippen LogP contribution in [0.2, 0.25) is 0 Å². The summed E-state index contributed by atoms with van der Waals surface area (Å²) in [6.07, 6.45) is 2.43. The van der Waals surface area contributed by atoms with Crippen LogP contribution in [0.25, 0.3) is 0 Å². The van der Waals surface area contributed by atoms with E-state index in [1.54, 1.807) is 6.07 Å². The van der Waals surface area contributed by atoms with Gasteiger partial charge in [0.15, 0.2) is 11.6 Å². The molecule has 0 aliphatic carbocycles. The van der Waals surface area contributed by atoms with Crippen molar-refractivity contribution in [2.75, 3.05) is 28.6 Å². The van der Waals surface area contributed by atoms with Crippen LogP contribution < -0.4 is 15.5 Å². The third-order valence-electron chi connectivity index (χ3n) is 4.40. The van der Waals surface area contributed by atoms with Crippen molar-refractivity contribution in [3.63, 3.8) is 0 Å². The molecule has 6 nitrogen and oxygen atoms in total. The van der Waals surface area contributed by atoms with Crippen LogP contribution in [0, 0.1) is 5.92 Å². The van der Waals surface area contributed by atoms with Gasteiger partial charge in [0, 0.05) is 37.5 Å². The number of amides is 2. The second-order valence-corrected chi connectivity index (χ2v) is 6.52. The zero-order chi connectivity index (χ0) is 17.8. The maximum Gasteiger partial charge on any atom is 0.291 e. The summed E-state index contributed by atoms with van der Waals surface area (Å²) in [4.78, 5) is 25.6. The number of anilines is 3. The van der Waals surface area contributed by atoms with Gasteiger partial charge in [-0.3, -0.25) is 14.9 Å². The molecule has 0 radical (unpaired) electrons. The van der Waals surface area contributed by atoms with Gasteiger partial charge < -0.3 is 14.6 Å². The topological polar surface area (TPSA) is 74.6 Å². The van der Waals surface area contributed by atoms with E-state index in [2.05, 4.69) is 22.5 Å². The molecule has 0 saturated carbocycles. The highest BCUT2D eigenvalue weighted by molar-refractivity contribution is 6.02. The van der Waals surface area contributed by atoms with E-state index in [4.69, 9.17) is 4.42 Å². The molecule has 2 N–H and O–H groups in total. The van der Waals surface area contributed by atoms with Gasteiger partial charge in [-0.15, -0.1) is 0 Å². The van der Waals surface area contributed by atoms with Crippen molar-refractivity contribution in [1.29, 1.82) is 0 Å². The number of carbonyl (C=O) groups excluding carboxylic acids is 2. The van der Waals surface area contributed by atoms with Gasteiger partial charge in [0.1, 0.15) is 0 Å². The zero-order valence-corrected chi connectivity index (χ0v) is 14.5. The molecule has 3 rings (SSSR count). The molecule has 1 saturated heterocycles. The van der Waals surface area contributed by atoms with Crippen LogP contribution >= 0.6 is 0 Å². The fourth-order valence-electron chi connectivity index (χ4n) is 2.92. The minimum atomic E-state index is -0.351. The summed E-state index contributed by atoms with van der Waals surface area (Å²) >= 11 is 0. The first-order valence-electron chi connectivity index (χ1n) is 8.55. The highest BCUT2D eigenvalue weighted by atomic mass is 16.4. The molecule has 2 amide bonds. The van der Waals surface area contributed by atoms with Crippen molar-refractivity contribution in [2.45, 2.75) is 26.7 Å². The Kier molecular flexibility index (Phi) is 5.07. The number of nitrogens with zero attached hydrogens (tertiary/aromatic N) is 1. The summed E-state index contributed by atoms with van der Waals surface area (Å²) in [5.74, 6) is 0.607. The molecule has 25 heavy (non-hydrogen) atoms. The first kappa shape index (κ1) is 17.1. The average Bonchev–Trinajstić information content (AvgIpc) is 3.04. The molecule has 1 fully saturated rings. The third-order valence-corrected chi connectivity index (χ3v) is 4.40. The molecule has 2 aromatic rings. The molecule has 1 aliphatic heterocycles. The van der Waals surface area contributed by atoms with Gasteiger partial charge in [0.2, 0.25) is 5.91 Å². The standard InChI is InChI=1S/C19H23N3O3/c1-13-9-11-22(12-10-13)16-5-3-15(4-6-16)21-19(24)17-7-8-18(25-17)20-14(2)23/h3-8,13H,9-12H2,1-2H3,(H,20,23)(H,21,24). The van der Waals surface area contributed by atoms with E-state index < -0.39 is 0 Å². The van der Waals surface area contributed by atoms with Crippen LogP contribution in [0.1, 0.15) is 37.2 Å². The van der Waals surface area contributed by atoms with Gasteiger partial charge in [-0.05, 0) is 49.1 Å². The predicted molar refractivity (Wildman–Crippen MR) is 98.0 cm³/mol. The van der Waals surface area contributed by atoms with Crippen molar-refractivity contribution >= 4 is 29.1 Å². The second kappa shape index (κ2) is 7.42. The first-order valence-corrected chi connectivity index (χ1v) is 8.55. The SMILES string of the molecule is CC(=O)Nc1ccc(C(=O)Nc2ccc(N3CCC(C)CC3)cc2)o1. The van der Waals surface area contributed by atoms with Gasteiger partial charge in [-0.2, -0.15) is 0 Å². The Hall–Kier alpha value is -2.76. The molecule has 1 aliphatic rings.